The van der Waals surface area contributed by atoms with Crippen LogP contribution in [0.3, 0.4) is 0 Å². The number of hydrogen-bond acceptors (Lipinski definition) is 3. The number of hydrogen-bond donors (Lipinski definition) is 0. The van der Waals surface area contributed by atoms with Crippen LogP contribution in [0.1, 0.15) is 24.2 Å². The molecule has 0 spiro atoms. The number of imidazole rings is 1. The Morgan fingerprint density at radius 2 is 2.00 bits per heavy atom. The fourth-order valence-corrected chi connectivity index (χ4v) is 3.05. The molecule has 1 saturated carbocycles. The van der Waals surface area contributed by atoms with Gasteiger partial charge < -0.3 is 4.57 Å². The average Bonchev–Trinajstić information content (AvgIpc) is 2.96. The van der Waals surface area contributed by atoms with Crippen molar-refractivity contribution in [2.45, 2.75) is 37.8 Å². The third-order valence-electron chi connectivity index (χ3n) is 4.44. The van der Waals surface area contributed by atoms with Gasteiger partial charge in [0.25, 0.3) is 0 Å². The Labute approximate surface area is 129 Å². The number of rotatable bonds is 6. The molecule has 0 saturated heterocycles. The number of benzene rings is 1. The van der Waals surface area contributed by atoms with Gasteiger partial charge in [0.1, 0.15) is 12.2 Å². The maximum atomic E-state index is 4.56. The number of aryl methyl sites for hydroxylation is 2. The summed E-state index contributed by atoms with van der Waals surface area (Å²) in [6.07, 6.45) is 10.8. The molecule has 5 nitrogen and oxygen atoms in total. The molecule has 0 atom stereocenters. The first-order valence-corrected chi connectivity index (χ1v) is 7.74. The van der Waals surface area contributed by atoms with E-state index in [1.54, 1.807) is 6.33 Å². The van der Waals surface area contributed by atoms with Crippen LogP contribution >= 0.6 is 0 Å². The lowest BCUT2D eigenvalue weighted by Gasteiger charge is -2.16. The van der Waals surface area contributed by atoms with Gasteiger partial charge in [-0.2, -0.15) is 5.10 Å². The number of nitrogens with zero attached hydrogens (tertiary/aromatic N) is 5. The molecule has 1 aliphatic carbocycles. The maximum Gasteiger partial charge on any atom is 0.138 e. The van der Waals surface area contributed by atoms with Crippen LogP contribution in [-0.4, -0.2) is 24.3 Å². The summed E-state index contributed by atoms with van der Waals surface area (Å²) in [4.78, 5) is 8.70. The van der Waals surface area contributed by atoms with Gasteiger partial charge >= 0.3 is 0 Å². The van der Waals surface area contributed by atoms with Gasteiger partial charge in [0.15, 0.2) is 0 Å². The van der Waals surface area contributed by atoms with Gasteiger partial charge in [-0.15, -0.1) is 0 Å². The molecule has 4 rings (SSSR count). The third-order valence-corrected chi connectivity index (χ3v) is 4.44. The fourth-order valence-electron chi connectivity index (χ4n) is 3.05. The molecule has 5 heteroatoms. The lowest BCUT2D eigenvalue weighted by Crippen LogP contribution is -2.22. The summed E-state index contributed by atoms with van der Waals surface area (Å²) in [7, 11) is 0. The first-order chi connectivity index (χ1) is 10.9. The standard InChI is InChI=1S/C17H19N5/c1-2-4-15(5-3-1)6-10-22-16(19-13-20-22)17(7-8-17)12-21-11-9-18-14-21/h1-5,9,11,13-14H,6-8,10,12H2. The predicted octanol–water partition coefficient (Wildman–Crippen LogP) is 2.45. The Kier molecular flexibility index (Phi) is 3.25. The van der Waals surface area contributed by atoms with E-state index in [0.717, 1.165) is 25.3 Å². The van der Waals surface area contributed by atoms with Crippen LogP contribution in [0.5, 0.6) is 0 Å². The topological polar surface area (TPSA) is 48.5 Å². The van der Waals surface area contributed by atoms with Gasteiger partial charge in [0.2, 0.25) is 0 Å². The molecule has 2 aromatic heterocycles. The molecule has 1 aromatic carbocycles. The van der Waals surface area contributed by atoms with Crippen LogP contribution in [0.25, 0.3) is 0 Å². The summed E-state index contributed by atoms with van der Waals surface area (Å²) in [5.41, 5.74) is 1.48. The Bertz CT molecular complexity index is 726. The molecule has 3 aromatic rings. The van der Waals surface area contributed by atoms with E-state index in [1.165, 1.54) is 18.4 Å². The Hall–Kier alpha value is -2.43. The van der Waals surface area contributed by atoms with Gasteiger partial charge in [-0.25, -0.2) is 14.6 Å². The smallest absolute Gasteiger partial charge is 0.138 e. The zero-order valence-electron chi connectivity index (χ0n) is 12.5. The van der Waals surface area contributed by atoms with Crippen molar-refractivity contribution in [2.24, 2.45) is 0 Å². The van der Waals surface area contributed by atoms with Crippen molar-refractivity contribution in [3.8, 4) is 0 Å². The van der Waals surface area contributed by atoms with Crippen LogP contribution in [0.2, 0.25) is 0 Å². The van der Waals surface area contributed by atoms with Crippen LogP contribution in [0.15, 0.2) is 55.4 Å². The van der Waals surface area contributed by atoms with Crippen molar-refractivity contribution in [3.63, 3.8) is 0 Å². The third kappa shape index (κ3) is 2.54. The second-order valence-electron chi connectivity index (χ2n) is 6.06. The van der Waals surface area contributed by atoms with Gasteiger partial charge in [-0.05, 0) is 24.8 Å². The van der Waals surface area contributed by atoms with Crippen molar-refractivity contribution in [1.82, 2.24) is 24.3 Å². The summed E-state index contributed by atoms with van der Waals surface area (Å²) in [6, 6.07) is 10.5. The molecule has 0 amide bonds. The number of aromatic nitrogens is 5. The highest BCUT2D eigenvalue weighted by atomic mass is 15.3. The molecular formula is C17H19N5. The lowest BCUT2D eigenvalue weighted by atomic mass is 10.1. The van der Waals surface area contributed by atoms with Gasteiger partial charge in [-0.1, -0.05) is 30.3 Å². The van der Waals surface area contributed by atoms with E-state index >= 15 is 0 Å². The van der Waals surface area contributed by atoms with E-state index in [1.807, 2.05) is 18.7 Å². The molecule has 0 unspecified atom stereocenters. The second kappa shape index (κ2) is 5.40. The van der Waals surface area contributed by atoms with E-state index in [4.69, 9.17) is 0 Å². The largest absolute Gasteiger partial charge is 0.336 e. The highest BCUT2D eigenvalue weighted by Crippen LogP contribution is 2.48. The summed E-state index contributed by atoms with van der Waals surface area (Å²) in [5.74, 6) is 1.12. The monoisotopic (exact) mass is 293 g/mol. The molecular weight excluding hydrogens is 274 g/mol. The summed E-state index contributed by atoms with van der Waals surface area (Å²) < 4.78 is 4.22. The normalized spacial score (nSPS) is 15.8. The summed E-state index contributed by atoms with van der Waals surface area (Å²) in [5, 5.41) is 4.45. The van der Waals surface area contributed by atoms with E-state index < -0.39 is 0 Å². The van der Waals surface area contributed by atoms with Gasteiger partial charge in [0.05, 0.1) is 6.33 Å². The lowest BCUT2D eigenvalue weighted by molar-refractivity contribution is 0.469. The fraction of sp³-hybridized carbons (Fsp3) is 0.353. The van der Waals surface area contributed by atoms with Crippen molar-refractivity contribution < 1.29 is 0 Å². The van der Waals surface area contributed by atoms with Crippen LogP contribution < -0.4 is 0 Å². The van der Waals surface area contributed by atoms with Crippen LogP contribution in [-0.2, 0) is 24.9 Å². The van der Waals surface area contributed by atoms with E-state index in [0.29, 0.717) is 0 Å². The Morgan fingerprint density at radius 3 is 2.73 bits per heavy atom. The second-order valence-corrected chi connectivity index (χ2v) is 6.06. The molecule has 112 valence electrons. The maximum absolute atomic E-state index is 4.56. The molecule has 1 aliphatic rings. The SMILES string of the molecule is c1ccc(CCn2ncnc2C2(Cn3ccnc3)CC2)cc1. The van der Waals surface area contributed by atoms with E-state index in [-0.39, 0.29) is 5.41 Å². The van der Waals surface area contributed by atoms with Crippen molar-refractivity contribution in [3.05, 3.63) is 66.8 Å². The van der Waals surface area contributed by atoms with Gasteiger partial charge in [-0.3, -0.25) is 0 Å². The highest BCUT2D eigenvalue weighted by Gasteiger charge is 2.48. The molecule has 0 radical (unpaired) electrons. The molecule has 1 fully saturated rings. The van der Waals surface area contributed by atoms with Crippen molar-refractivity contribution >= 4 is 0 Å². The first kappa shape index (κ1) is 13.2. The van der Waals surface area contributed by atoms with Crippen LogP contribution in [0, 0.1) is 0 Å². The van der Waals surface area contributed by atoms with Crippen LogP contribution in [0.4, 0.5) is 0 Å². The Morgan fingerprint density at radius 1 is 1.14 bits per heavy atom. The Balaban J connectivity index is 1.50. The minimum absolute atomic E-state index is 0.147. The molecule has 0 N–H and O–H groups in total. The molecule has 2 heterocycles. The molecule has 0 aliphatic heterocycles. The zero-order valence-corrected chi connectivity index (χ0v) is 12.5. The minimum Gasteiger partial charge on any atom is -0.336 e. The molecule has 0 bridgehead atoms. The average molecular weight is 293 g/mol. The minimum atomic E-state index is 0.147. The first-order valence-electron chi connectivity index (χ1n) is 7.74. The van der Waals surface area contributed by atoms with E-state index in [2.05, 4.69) is 54.6 Å². The zero-order chi connectivity index (χ0) is 14.8. The van der Waals surface area contributed by atoms with Crippen molar-refractivity contribution in [1.29, 1.82) is 0 Å². The summed E-state index contributed by atoms with van der Waals surface area (Å²) >= 11 is 0. The quantitative estimate of drug-likeness (QED) is 0.701. The predicted molar refractivity (Wildman–Crippen MR) is 83.3 cm³/mol. The van der Waals surface area contributed by atoms with Crippen molar-refractivity contribution in [2.75, 3.05) is 0 Å². The van der Waals surface area contributed by atoms with E-state index in [9.17, 15) is 0 Å². The highest BCUT2D eigenvalue weighted by molar-refractivity contribution is 5.19. The summed E-state index contributed by atoms with van der Waals surface area (Å²) in [6.45, 7) is 1.82. The molecule has 22 heavy (non-hydrogen) atoms. The van der Waals surface area contributed by atoms with Gasteiger partial charge in [0, 0.05) is 30.9 Å².